The fourth-order valence-electron chi connectivity index (χ4n) is 1.85. The van der Waals surface area contributed by atoms with E-state index in [0.717, 1.165) is 25.2 Å². The Labute approximate surface area is 77.7 Å². The summed E-state index contributed by atoms with van der Waals surface area (Å²) in [5.74, 6) is 1.35. The maximum atomic E-state index is 11.2. The van der Waals surface area contributed by atoms with E-state index in [0.29, 0.717) is 5.92 Å². The number of rotatable bonds is 3. The molecule has 0 N–H and O–H groups in total. The Bertz CT molecular complexity index is 292. The molecule has 2 rings (SSSR count). The van der Waals surface area contributed by atoms with Crippen molar-refractivity contribution in [3.8, 4) is 0 Å². The zero-order valence-electron chi connectivity index (χ0n) is 7.09. The molecule has 0 radical (unpaired) electrons. The first-order valence-electron chi connectivity index (χ1n) is 4.39. The van der Waals surface area contributed by atoms with Gasteiger partial charge in [-0.05, 0) is 37.5 Å². The first-order chi connectivity index (χ1) is 5.45. The van der Waals surface area contributed by atoms with Gasteiger partial charge in [-0.3, -0.25) is 0 Å². The second kappa shape index (κ2) is 2.38. The second-order valence-electron chi connectivity index (χ2n) is 4.30. The van der Waals surface area contributed by atoms with E-state index in [2.05, 4.69) is 6.92 Å². The van der Waals surface area contributed by atoms with E-state index in [1.54, 1.807) is 0 Å². The van der Waals surface area contributed by atoms with E-state index in [4.69, 9.17) is 10.7 Å². The van der Waals surface area contributed by atoms with Crippen molar-refractivity contribution in [3.63, 3.8) is 0 Å². The van der Waals surface area contributed by atoms with Gasteiger partial charge in [0, 0.05) is 10.7 Å². The van der Waals surface area contributed by atoms with Crippen LogP contribution in [-0.4, -0.2) is 13.2 Å². The molecule has 12 heavy (non-hydrogen) atoms. The summed E-state index contributed by atoms with van der Waals surface area (Å²) in [6, 6.07) is 0. The molecule has 2 saturated carbocycles. The highest BCUT2D eigenvalue weighted by atomic mass is 35.7. The largest absolute Gasteiger partial charge is 0.238 e. The van der Waals surface area contributed by atoms with Crippen LogP contribution in [0.25, 0.3) is 0 Å². The molecule has 2 fully saturated rings. The van der Waals surface area contributed by atoms with Crippen LogP contribution >= 0.6 is 10.7 Å². The van der Waals surface area contributed by atoms with Crippen molar-refractivity contribution in [3.05, 3.63) is 0 Å². The Kier molecular flexibility index (Phi) is 1.75. The van der Waals surface area contributed by atoms with Crippen LogP contribution in [0.2, 0.25) is 0 Å². The first-order valence-corrected chi connectivity index (χ1v) is 6.70. The molecule has 0 aliphatic heterocycles. The summed E-state index contributed by atoms with van der Waals surface area (Å²) in [4.78, 5) is 0. The van der Waals surface area contributed by atoms with Gasteiger partial charge >= 0.3 is 0 Å². The predicted molar refractivity (Wildman–Crippen MR) is 48.6 cm³/mol. The minimum Gasteiger partial charge on any atom is -0.212 e. The van der Waals surface area contributed by atoms with Crippen LogP contribution in [0, 0.1) is 11.8 Å². The molecule has 0 aromatic heterocycles. The Hall–Kier alpha value is 0.240. The molecule has 2 atom stereocenters. The number of hydrogen-bond donors (Lipinski definition) is 0. The monoisotopic (exact) mass is 208 g/mol. The summed E-state index contributed by atoms with van der Waals surface area (Å²) in [5, 5.41) is 0. The molecule has 2 aliphatic carbocycles. The summed E-state index contributed by atoms with van der Waals surface area (Å²) in [6.07, 6.45) is 3.55. The van der Waals surface area contributed by atoms with E-state index in [-0.39, 0.29) is 0 Å². The normalized spacial score (nSPS) is 37.8. The van der Waals surface area contributed by atoms with Gasteiger partial charge in [0.05, 0.1) is 4.75 Å². The molecule has 70 valence electrons. The van der Waals surface area contributed by atoms with Gasteiger partial charge in [-0.15, -0.1) is 0 Å². The molecule has 0 bridgehead atoms. The fourth-order valence-corrected chi connectivity index (χ4v) is 3.50. The lowest BCUT2D eigenvalue weighted by Crippen LogP contribution is -2.18. The molecular weight excluding hydrogens is 196 g/mol. The van der Waals surface area contributed by atoms with Crippen molar-refractivity contribution in [1.82, 2.24) is 0 Å². The minimum atomic E-state index is -3.30. The van der Waals surface area contributed by atoms with Gasteiger partial charge in [0.25, 0.3) is 0 Å². The standard InChI is InChI=1S/C8H13ClO2S/c1-6-4-7(6)5-8(2-3-8)12(9,10)11/h6-7H,2-5H2,1H3. The molecular formula is C8H13ClO2S. The fraction of sp³-hybridized carbons (Fsp3) is 1.00. The van der Waals surface area contributed by atoms with Crippen molar-refractivity contribution in [2.75, 3.05) is 0 Å². The quantitative estimate of drug-likeness (QED) is 0.666. The van der Waals surface area contributed by atoms with Crippen molar-refractivity contribution < 1.29 is 8.42 Å². The summed E-state index contributed by atoms with van der Waals surface area (Å²) in [5.41, 5.74) is 0. The number of halogens is 1. The maximum Gasteiger partial charge on any atom is 0.238 e. The average molecular weight is 209 g/mol. The molecule has 2 nitrogen and oxygen atoms in total. The Morgan fingerprint density at radius 3 is 2.25 bits per heavy atom. The SMILES string of the molecule is CC1CC1CC1(S(=O)(=O)Cl)CC1. The van der Waals surface area contributed by atoms with Gasteiger partial charge < -0.3 is 0 Å². The highest BCUT2D eigenvalue weighted by molar-refractivity contribution is 8.15. The van der Waals surface area contributed by atoms with Crippen molar-refractivity contribution in [2.45, 2.75) is 37.4 Å². The van der Waals surface area contributed by atoms with Crippen LogP contribution in [0.4, 0.5) is 0 Å². The minimum absolute atomic E-state index is 0.510. The van der Waals surface area contributed by atoms with E-state index in [1.165, 1.54) is 6.42 Å². The highest BCUT2D eigenvalue weighted by Crippen LogP contribution is 2.56. The Balaban J connectivity index is 2.03. The van der Waals surface area contributed by atoms with E-state index in [9.17, 15) is 8.42 Å². The lowest BCUT2D eigenvalue weighted by Gasteiger charge is -2.09. The molecule has 0 heterocycles. The van der Waals surface area contributed by atoms with Crippen LogP contribution in [0.1, 0.15) is 32.6 Å². The zero-order chi connectivity index (χ0) is 8.98. The Morgan fingerprint density at radius 2 is 2.00 bits per heavy atom. The van der Waals surface area contributed by atoms with E-state index in [1.807, 2.05) is 0 Å². The lowest BCUT2D eigenvalue weighted by molar-refractivity contribution is 0.562. The molecule has 2 aliphatic rings. The van der Waals surface area contributed by atoms with Crippen molar-refractivity contribution in [1.29, 1.82) is 0 Å². The van der Waals surface area contributed by atoms with Gasteiger partial charge in [0.1, 0.15) is 0 Å². The van der Waals surface area contributed by atoms with Crippen LogP contribution in [0.5, 0.6) is 0 Å². The summed E-state index contributed by atoms with van der Waals surface area (Å²) in [6.45, 7) is 2.17. The summed E-state index contributed by atoms with van der Waals surface area (Å²) >= 11 is 0. The maximum absolute atomic E-state index is 11.2. The van der Waals surface area contributed by atoms with Crippen LogP contribution in [0.3, 0.4) is 0 Å². The van der Waals surface area contributed by atoms with Crippen LogP contribution in [0.15, 0.2) is 0 Å². The van der Waals surface area contributed by atoms with Gasteiger partial charge in [-0.2, -0.15) is 0 Å². The third-order valence-corrected chi connectivity index (χ3v) is 5.83. The molecule has 0 spiro atoms. The predicted octanol–water partition coefficient (Wildman–Crippen LogP) is 2.13. The second-order valence-corrected chi connectivity index (χ2v) is 7.26. The van der Waals surface area contributed by atoms with Crippen molar-refractivity contribution >= 4 is 19.7 Å². The van der Waals surface area contributed by atoms with Crippen molar-refractivity contribution in [2.24, 2.45) is 11.8 Å². The molecule has 4 heteroatoms. The van der Waals surface area contributed by atoms with E-state index < -0.39 is 13.8 Å². The number of hydrogen-bond acceptors (Lipinski definition) is 2. The van der Waals surface area contributed by atoms with Crippen LogP contribution < -0.4 is 0 Å². The average Bonchev–Trinajstić information content (AvgIpc) is 2.74. The van der Waals surface area contributed by atoms with Gasteiger partial charge in [0.15, 0.2) is 0 Å². The van der Waals surface area contributed by atoms with Gasteiger partial charge in [0.2, 0.25) is 9.05 Å². The lowest BCUT2D eigenvalue weighted by atomic mass is 10.2. The summed E-state index contributed by atoms with van der Waals surface area (Å²) < 4.78 is 21.8. The third kappa shape index (κ3) is 1.37. The van der Waals surface area contributed by atoms with Gasteiger partial charge in [-0.1, -0.05) is 6.92 Å². The van der Waals surface area contributed by atoms with Gasteiger partial charge in [-0.25, -0.2) is 8.42 Å². The van der Waals surface area contributed by atoms with E-state index >= 15 is 0 Å². The molecule has 2 unspecified atom stereocenters. The smallest absolute Gasteiger partial charge is 0.212 e. The van der Waals surface area contributed by atoms with Crippen LogP contribution in [-0.2, 0) is 9.05 Å². The molecule has 0 saturated heterocycles. The molecule has 0 aromatic carbocycles. The third-order valence-electron chi connectivity index (χ3n) is 3.24. The Morgan fingerprint density at radius 1 is 1.50 bits per heavy atom. The molecule has 0 aromatic rings. The first kappa shape index (κ1) is 8.82. The molecule has 0 amide bonds. The summed E-state index contributed by atoms with van der Waals surface area (Å²) in [7, 11) is 2.08. The highest BCUT2D eigenvalue weighted by Gasteiger charge is 2.57. The topological polar surface area (TPSA) is 34.1 Å². The zero-order valence-corrected chi connectivity index (χ0v) is 8.66.